The molecule has 0 aliphatic carbocycles. The maximum Gasteiger partial charge on any atom is 0.306 e. The van der Waals surface area contributed by atoms with Gasteiger partial charge in [0.2, 0.25) is 0 Å². The smallest absolute Gasteiger partial charge is 0.306 e. The van der Waals surface area contributed by atoms with Crippen LogP contribution in [0.5, 0.6) is 0 Å². The molecule has 0 amide bonds. The Bertz CT molecular complexity index is 549. The minimum absolute atomic E-state index is 0.0534. The van der Waals surface area contributed by atoms with Gasteiger partial charge >= 0.3 is 11.9 Å². The fourth-order valence-electron chi connectivity index (χ4n) is 4.53. The number of carbonyl (C=O) groups is 2. The molecular formula is C33H61ClO4. The Labute approximate surface area is 241 Å². The zero-order chi connectivity index (χ0) is 27.9. The van der Waals surface area contributed by atoms with Crippen molar-refractivity contribution < 1.29 is 19.1 Å². The molecule has 0 saturated carbocycles. The second-order valence-corrected chi connectivity index (χ2v) is 11.2. The van der Waals surface area contributed by atoms with Gasteiger partial charge in [-0.3, -0.25) is 9.59 Å². The van der Waals surface area contributed by atoms with Gasteiger partial charge in [-0.15, -0.1) is 11.6 Å². The third-order valence-electron chi connectivity index (χ3n) is 7.03. The van der Waals surface area contributed by atoms with Crippen LogP contribution >= 0.6 is 11.6 Å². The first-order valence-corrected chi connectivity index (χ1v) is 16.7. The predicted molar refractivity (Wildman–Crippen MR) is 163 cm³/mol. The van der Waals surface area contributed by atoms with Crippen molar-refractivity contribution in [3.8, 4) is 0 Å². The third kappa shape index (κ3) is 28.0. The Morgan fingerprint density at radius 3 is 1.42 bits per heavy atom. The fourth-order valence-corrected chi connectivity index (χ4v) is 4.69. The van der Waals surface area contributed by atoms with Crippen molar-refractivity contribution in [3.05, 3.63) is 12.2 Å². The molecule has 0 aliphatic rings. The molecule has 0 saturated heterocycles. The number of rotatable bonds is 29. The Hall–Kier alpha value is -1.03. The highest BCUT2D eigenvalue weighted by atomic mass is 35.5. The summed E-state index contributed by atoms with van der Waals surface area (Å²) in [5, 5.41) is 0. The molecule has 0 fully saturated rings. The molecule has 0 unspecified atom stereocenters. The van der Waals surface area contributed by atoms with Crippen LogP contribution < -0.4 is 0 Å². The van der Waals surface area contributed by atoms with Gasteiger partial charge in [0.05, 0.1) is 5.88 Å². The summed E-state index contributed by atoms with van der Waals surface area (Å²) in [5.74, 6) is -0.330. The van der Waals surface area contributed by atoms with Crippen molar-refractivity contribution in [2.24, 2.45) is 0 Å². The minimum Gasteiger partial charge on any atom is -0.462 e. The maximum atomic E-state index is 12.1. The predicted octanol–water partition coefficient (Wildman–Crippen LogP) is 10.6. The van der Waals surface area contributed by atoms with Crippen LogP contribution in [-0.4, -0.2) is 30.5 Å². The Morgan fingerprint density at radius 1 is 0.579 bits per heavy atom. The number of halogens is 1. The Balaban J connectivity index is 3.58. The lowest BCUT2D eigenvalue weighted by atomic mass is 10.1. The quantitative estimate of drug-likeness (QED) is 0.0397. The SMILES string of the molecule is CCCCCCCC/C=C\CCCCCCCC(=O)O[C@H](CCl)COC(=O)CCCCCCCCCCC. The summed E-state index contributed by atoms with van der Waals surface area (Å²) >= 11 is 5.93. The van der Waals surface area contributed by atoms with Gasteiger partial charge in [0, 0.05) is 12.8 Å². The van der Waals surface area contributed by atoms with E-state index in [2.05, 4.69) is 26.0 Å². The van der Waals surface area contributed by atoms with Crippen LogP contribution in [-0.2, 0) is 19.1 Å². The van der Waals surface area contributed by atoms with E-state index >= 15 is 0 Å². The monoisotopic (exact) mass is 556 g/mol. The lowest BCUT2D eigenvalue weighted by Crippen LogP contribution is -2.26. The lowest BCUT2D eigenvalue weighted by molar-refractivity contribution is -0.157. The number of hydrogen-bond donors (Lipinski definition) is 0. The van der Waals surface area contributed by atoms with Crippen molar-refractivity contribution in [1.29, 1.82) is 0 Å². The topological polar surface area (TPSA) is 52.6 Å². The van der Waals surface area contributed by atoms with Crippen LogP contribution in [0.15, 0.2) is 12.2 Å². The summed E-state index contributed by atoms with van der Waals surface area (Å²) < 4.78 is 10.7. The lowest BCUT2D eigenvalue weighted by Gasteiger charge is -2.15. The van der Waals surface area contributed by atoms with Gasteiger partial charge in [0.25, 0.3) is 0 Å². The number of ether oxygens (including phenoxy) is 2. The summed E-state index contributed by atoms with van der Waals surface area (Å²) in [5.41, 5.74) is 0. The van der Waals surface area contributed by atoms with Crippen LogP contribution in [0.1, 0.15) is 168 Å². The number of hydrogen-bond acceptors (Lipinski definition) is 4. The van der Waals surface area contributed by atoms with Gasteiger partial charge in [-0.25, -0.2) is 0 Å². The molecule has 0 rings (SSSR count). The average Bonchev–Trinajstić information content (AvgIpc) is 2.92. The van der Waals surface area contributed by atoms with Crippen LogP contribution in [0.3, 0.4) is 0 Å². The van der Waals surface area contributed by atoms with Crippen LogP contribution in [0.25, 0.3) is 0 Å². The summed E-state index contributed by atoms with van der Waals surface area (Å²) in [6.07, 6.45) is 31.8. The fraction of sp³-hybridized carbons (Fsp3) is 0.879. The summed E-state index contributed by atoms with van der Waals surface area (Å²) in [6.45, 7) is 4.55. The van der Waals surface area contributed by atoms with Gasteiger partial charge in [0.1, 0.15) is 12.7 Å². The molecule has 0 aromatic carbocycles. The molecule has 0 radical (unpaired) electrons. The van der Waals surface area contributed by atoms with E-state index in [0.717, 1.165) is 38.5 Å². The largest absolute Gasteiger partial charge is 0.462 e. The van der Waals surface area contributed by atoms with Gasteiger partial charge in [-0.2, -0.15) is 0 Å². The first-order chi connectivity index (χ1) is 18.6. The molecule has 1 atom stereocenters. The number of allylic oxidation sites excluding steroid dienone is 2. The van der Waals surface area contributed by atoms with Crippen LogP contribution in [0.4, 0.5) is 0 Å². The van der Waals surface area contributed by atoms with Gasteiger partial charge < -0.3 is 9.47 Å². The standard InChI is InChI=1S/C33H61ClO4/c1-3-5-7-9-11-13-14-15-16-17-18-20-22-24-26-28-33(36)38-31(29-34)30-37-32(35)27-25-23-21-19-12-10-8-6-4-2/h15-16,31H,3-14,17-30H2,1-2H3/b16-15-/t31-/m1/s1. The number of unbranched alkanes of at least 4 members (excludes halogenated alkanes) is 19. The van der Waals surface area contributed by atoms with Gasteiger partial charge in [0.15, 0.2) is 0 Å². The van der Waals surface area contributed by atoms with E-state index in [1.807, 2.05) is 0 Å². The summed E-state index contributed by atoms with van der Waals surface area (Å²) in [4.78, 5) is 24.1. The molecule has 0 bridgehead atoms. The van der Waals surface area contributed by atoms with E-state index < -0.39 is 6.10 Å². The Morgan fingerprint density at radius 2 is 0.974 bits per heavy atom. The van der Waals surface area contributed by atoms with E-state index in [1.165, 1.54) is 103 Å². The zero-order valence-corrected chi connectivity index (χ0v) is 25.9. The van der Waals surface area contributed by atoms with Crippen molar-refractivity contribution in [2.75, 3.05) is 12.5 Å². The molecule has 0 aliphatic heterocycles. The van der Waals surface area contributed by atoms with Crippen molar-refractivity contribution >= 4 is 23.5 Å². The summed E-state index contributed by atoms with van der Waals surface area (Å²) in [6, 6.07) is 0. The van der Waals surface area contributed by atoms with E-state index in [9.17, 15) is 9.59 Å². The highest BCUT2D eigenvalue weighted by Gasteiger charge is 2.16. The molecule has 0 aromatic rings. The normalized spacial score (nSPS) is 12.2. The van der Waals surface area contributed by atoms with Crippen molar-refractivity contribution in [3.63, 3.8) is 0 Å². The van der Waals surface area contributed by atoms with Crippen LogP contribution in [0, 0.1) is 0 Å². The first-order valence-electron chi connectivity index (χ1n) is 16.2. The van der Waals surface area contributed by atoms with Crippen molar-refractivity contribution in [2.45, 2.75) is 174 Å². The molecule has 0 heterocycles. The molecule has 38 heavy (non-hydrogen) atoms. The number of alkyl halides is 1. The molecular weight excluding hydrogens is 496 g/mol. The summed E-state index contributed by atoms with van der Waals surface area (Å²) in [7, 11) is 0. The molecule has 0 spiro atoms. The first kappa shape index (κ1) is 37.0. The third-order valence-corrected chi connectivity index (χ3v) is 7.37. The van der Waals surface area contributed by atoms with E-state index in [-0.39, 0.29) is 24.4 Å². The Kier molecular flexibility index (Phi) is 29.7. The number of carbonyl (C=O) groups excluding carboxylic acids is 2. The zero-order valence-electron chi connectivity index (χ0n) is 25.1. The molecule has 0 aromatic heterocycles. The van der Waals surface area contributed by atoms with E-state index in [1.54, 1.807) is 0 Å². The van der Waals surface area contributed by atoms with Gasteiger partial charge in [-0.05, 0) is 38.5 Å². The molecule has 5 heteroatoms. The average molecular weight is 557 g/mol. The molecule has 224 valence electrons. The number of esters is 2. The van der Waals surface area contributed by atoms with E-state index in [4.69, 9.17) is 21.1 Å². The van der Waals surface area contributed by atoms with Gasteiger partial charge in [-0.1, -0.05) is 129 Å². The second-order valence-electron chi connectivity index (χ2n) is 10.9. The molecule has 0 N–H and O–H groups in total. The second kappa shape index (κ2) is 30.5. The van der Waals surface area contributed by atoms with Crippen molar-refractivity contribution in [1.82, 2.24) is 0 Å². The van der Waals surface area contributed by atoms with Crippen LogP contribution in [0.2, 0.25) is 0 Å². The molecule has 4 nitrogen and oxygen atoms in total. The minimum atomic E-state index is -0.556. The highest BCUT2D eigenvalue weighted by molar-refractivity contribution is 6.18. The highest BCUT2D eigenvalue weighted by Crippen LogP contribution is 2.13. The van der Waals surface area contributed by atoms with E-state index in [0.29, 0.717) is 12.8 Å². The maximum absolute atomic E-state index is 12.1.